The van der Waals surface area contributed by atoms with Gasteiger partial charge in [-0.25, -0.2) is 13.8 Å². The first-order chi connectivity index (χ1) is 22.7. The first-order valence-electron chi connectivity index (χ1n) is 15.2. The molecule has 0 N–H and O–H groups in total. The van der Waals surface area contributed by atoms with Crippen LogP contribution in [0.4, 0.5) is 8.78 Å². The highest BCUT2D eigenvalue weighted by Gasteiger charge is 2.31. The Morgan fingerprint density at radius 3 is 1.52 bits per heavy atom. The van der Waals surface area contributed by atoms with Crippen molar-refractivity contribution < 1.29 is 8.78 Å². The standard InChI is InChI=1S/C42H24F2N2/c43-27-18-14-25(15-19-27)38-31-7-1-2-8-32(31)39(26-16-20-28(44)21-17-26)42-34-23-22-29(30-9-5-10-33(40(30)34)41(38)42)35-12-6-13-37(46-35)36-11-3-4-24-45-36/h1-24H. The van der Waals surface area contributed by atoms with Crippen LogP contribution in [0.2, 0.25) is 0 Å². The lowest BCUT2D eigenvalue weighted by molar-refractivity contribution is 0.627. The minimum atomic E-state index is -0.275. The van der Waals surface area contributed by atoms with Crippen molar-refractivity contribution in [2.45, 2.75) is 0 Å². The molecule has 46 heavy (non-hydrogen) atoms. The summed E-state index contributed by atoms with van der Waals surface area (Å²) < 4.78 is 28.4. The molecule has 2 nitrogen and oxygen atoms in total. The Kier molecular flexibility index (Phi) is 5.90. The molecule has 0 saturated carbocycles. The number of pyridine rings is 2. The number of aromatic nitrogens is 2. The Labute approximate surface area is 264 Å². The summed E-state index contributed by atoms with van der Waals surface area (Å²) >= 11 is 0. The minimum Gasteiger partial charge on any atom is -0.255 e. The van der Waals surface area contributed by atoms with E-state index in [1.165, 1.54) is 24.3 Å². The molecule has 4 heteroatoms. The van der Waals surface area contributed by atoms with Crippen LogP contribution in [0.15, 0.2) is 146 Å². The van der Waals surface area contributed by atoms with Gasteiger partial charge in [-0.05, 0) is 115 Å². The Balaban J connectivity index is 1.38. The molecule has 6 aromatic carbocycles. The highest BCUT2D eigenvalue weighted by Crippen LogP contribution is 2.58. The van der Waals surface area contributed by atoms with Crippen LogP contribution >= 0.6 is 0 Å². The fourth-order valence-corrected chi connectivity index (χ4v) is 7.10. The SMILES string of the molecule is Fc1ccc(-c2c3c(c(-c4ccc(F)cc4)c4ccccc24)-c2ccc(-c4cccc(-c5ccccn5)n4)c4cccc-3c24)cc1. The third kappa shape index (κ3) is 4.00. The second-order valence-corrected chi connectivity index (χ2v) is 11.6. The van der Waals surface area contributed by atoms with Gasteiger partial charge in [0.25, 0.3) is 0 Å². The van der Waals surface area contributed by atoms with Crippen molar-refractivity contribution in [2.75, 3.05) is 0 Å². The van der Waals surface area contributed by atoms with E-state index in [0.29, 0.717) is 0 Å². The number of hydrogen-bond acceptors (Lipinski definition) is 2. The summed E-state index contributed by atoms with van der Waals surface area (Å²) in [4.78, 5) is 9.57. The van der Waals surface area contributed by atoms with Gasteiger partial charge in [0.15, 0.2) is 0 Å². The zero-order chi connectivity index (χ0) is 30.8. The Bertz CT molecular complexity index is 2370. The molecular weight excluding hydrogens is 570 g/mol. The molecule has 0 aliphatic heterocycles. The van der Waals surface area contributed by atoms with Crippen molar-refractivity contribution in [1.29, 1.82) is 0 Å². The van der Waals surface area contributed by atoms with E-state index in [0.717, 1.165) is 88.7 Å². The summed E-state index contributed by atoms with van der Waals surface area (Å²) in [6, 6.07) is 44.5. The topological polar surface area (TPSA) is 25.8 Å². The molecular formula is C42H24F2N2. The molecule has 0 amide bonds. The monoisotopic (exact) mass is 594 g/mol. The molecule has 1 aliphatic rings. The Morgan fingerprint density at radius 1 is 0.370 bits per heavy atom. The third-order valence-electron chi connectivity index (χ3n) is 9.01. The number of rotatable bonds is 4. The van der Waals surface area contributed by atoms with Crippen molar-refractivity contribution in [1.82, 2.24) is 9.97 Å². The van der Waals surface area contributed by atoms with E-state index in [2.05, 4.69) is 47.4 Å². The van der Waals surface area contributed by atoms with Crippen LogP contribution in [0.3, 0.4) is 0 Å². The number of hydrogen-bond donors (Lipinski definition) is 0. The Morgan fingerprint density at radius 2 is 0.891 bits per heavy atom. The summed E-state index contributed by atoms with van der Waals surface area (Å²) in [5, 5.41) is 4.35. The summed E-state index contributed by atoms with van der Waals surface area (Å²) in [5.41, 5.74) is 11.9. The van der Waals surface area contributed by atoms with Gasteiger partial charge in [0.05, 0.1) is 17.1 Å². The highest BCUT2D eigenvalue weighted by molar-refractivity contribution is 6.28. The van der Waals surface area contributed by atoms with Gasteiger partial charge in [-0.15, -0.1) is 0 Å². The molecule has 0 atom stereocenters. The van der Waals surface area contributed by atoms with E-state index in [1.54, 1.807) is 6.20 Å². The molecule has 0 unspecified atom stereocenters. The van der Waals surface area contributed by atoms with E-state index < -0.39 is 0 Å². The molecule has 0 radical (unpaired) electrons. The van der Waals surface area contributed by atoms with Crippen LogP contribution in [0, 0.1) is 11.6 Å². The van der Waals surface area contributed by atoms with Crippen LogP contribution in [0.25, 0.3) is 88.7 Å². The van der Waals surface area contributed by atoms with Crippen LogP contribution < -0.4 is 0 Å². The summed E-state index contributed by atoms with van der Waals surface area (Å²) in [7, 11) is 0. The van der Waals surface area contributed by atoms with Gasteiger partial charge < -0.3 is 0 Å². The molecule has 0 fully saturated rings. The number of fused-ring (bicyclic) bond motifs is 4. The van der Waals surface area contributed by atoms with Gasteiger partial charge in [-0.3, -0.25) is 4.98 Å². The van der Waals surface area contributed by atoms with Crippen LogP contribution in [0.1, 0.15) is 0 Å². The molecule has 0 spiro atoms. The molecule has 9 rings (SSSR count). The number of nitrogens with zero attached hydrogens (tertiary/aromatic N) is 2. The largest absolute Gasteiger partial charge is 0.255 e. The second-order valence-electron chi connectivity index (χ2n) is 11.6. The third-order valence-corrected chi connectivity index (χ3v) is 9.01. The van der Waals surface area contributed by atoms with E-state index in [1.807, 2.05) is 72.8 Å². The summed E-state index contributed by atoms with van der Waals surface area (Å²) in [6.07, 6.45) is 1.78. The first kappa shape index (κ1) is 26.4. The molecule has 0 saturated heterocycles. The molecule has 1 aliphatic carbocycles. The Hall–Kier alpha value is -6.00. The van der Waals surface area contributed by atoms with E-state index >= 15 is 0 Å². The normalized spacial score (nSPS) is 11.7. The number of halogens is 2. The molecule has 0 bridgehead atoms. The van der Waals surface area contributed by atoms with Crippen molar-refractivity contribution in [2.24, 2.45) is 0 Å². The zero-order valence-corrected chi connectivity index (χ0v) is 24.5. The molecule has 8 aromatic rings. The summed E-state index contributed by atoms with van der Waals surface area (Å²) in [5.74, 6) is -0.550. The maximum absolute atomic E-state index is 14.2. The quantitative estimate of drug-likeness (QED) is 0.203. The van der Waals surface area contributed by atoms with Gasteiger partial charge >= 0.3 is 0 Å². The molecule has 2 aromatic heterocycles. The predicted octanol–water partition coefficient (Wildman–Crippen LogP) is 11.4. The van der Waals surface area contributed by atoms with E-state index in [4.69, 9.17) is 4.98 Å². The fraction of sp³-hybridized carbons (Fsp3) is 0. The van der Waals surface area contributed by atoms with Crippen molar-refractivity contribution in [3.05, 3.63) is 157 Å². The van der Waals surface area contributed by atoms with E-state index in [9.17, 15) is 8.78 Å². The van der Waals surface area contributed by atoms with E-state index in [-0.39, 0.29) is 11.6 Å². The fourth-order valence-electron chi connectivity index (χ4n) is 7.10. The lowest BCUT2D eigenvalue weighted by Gasteiger charge is -2.20. The smallest absolute Gasteiger partial charge is 0.123 e. The van der Waals surface area contributed by atoms with Gasteiger partial charge in [-0.1, -0.05) is 91.0 Å². The molecule has 2 heterocycles. The van der Waals surface area contributed by atoms with Gasteiger partial charge in [0.1, 0.15) is 11.6 Å². The van der Waals surface area contributed by atoms with Gasteiger partial charge in [0, 0.05) is 11.8 Å². The summed E-state index contributed by atoms with van der Waals surface area (Å²) in [6.45, 7) is 0. The van der Waals surface area contributed by atoms with Crippen molar-refractivity contribution >= 4 is 21.5 Å². The lowest BCUT2D eigenvalue weighted by atomic mass is 9.82. The first-order valence-corrected chi connectivity index (χ1v) is 15.2. The van der Waals surface area contributed by atoms with Crippen LogP contribution in [-0.2, 0) is 0 Å². The average Bonchev–Trinajstić information content (AvgIpc) is 3.44. The van der Waals surface area contributed by atoms with Crippen LogP contribution in [0.5, 0.6) is 0 Å². The zero-order valence-electron chi connectivity index (χ0n) is 24.5. The van der Waals surface area contributed by atoms with Crippen LogP contribution in [-0.4, -0.2) is 9.97 Å². The average molecular weight is 595 g/mol. The van der Waals surface area contributed by atoms with Gasteiger partial charge in [0.2, 0.25) is 0 Å². The van der Waals surface area contributed by atoms with Crippen molar-refractivity contribution in [3.8, 4) is 67.2 Å². The maximum Gasteiger partial charge on any atom is 0.123 e. The van der Waals surface area contributed by atoms with Gasteiger partial charge in [-0.2, -0.15) is 0 Å². The number of benzene rings is 6. The maximum atomic E-state index is 14.2. The predicted molar refractivity (Wildman–Crippen MR) is 183 cm³/mol. The van der Waals surface area contributed by atoms with Crippen molar-refractivity contribution in [3.63, 3.8) is 0 Å². The second kappa shape index (κ2) is 10.3. The minimum absolute atomic E-state index is 0.275. The highest BCUT2D eigenvalue weighted by atomic mass is 19.1. The lowest BCUT2D eigenvalue weighted by Crippen LogP contribution is -1.94. The molecule has 216 valence electrons.